The van der Waals surface area contributed by atoms with Crippen LogP contribution in [0.2, 0.25) is 0 Å². The molecular weight excluding hydrogens is 373 g/mol. The number of nitrogens with zero attached hydrogens (tertiary/aromatic N) is 3. The molecule has 1 N–H and O–H groups in total. The minimum atomic E-state index is -0.354. The number of likely N-dealkylation sites (N-methyl/N-ethyl adjacent to an activating group) is 1. The SMILES string of the molecule is C[C@H]1CN([C@@H](C)CO)C(=O)c2cc(-c3cccc(F)c3)cnc2O[C@@H]1CN(C)C. The van der Waals surface area contributed by atoms with Gasteiger partial charge in [-0.3, -0.25) is 4.79 Å². The van der Waals surface area contributed by atoms with Crippen molar-refractivity contribution in [3.63, 3.8) is 0 Å². The average Bonchev–Trinajstić information content (AvgIpc) is 2.69. The molecule has 0 spiro atoms. The van der Waals surface area contributed by atoms with Gasteiger partial charge in [0.1, 0.15) is 17.5 Å². The Kier molecular flexibility index (Phi) is 6.49. The normalized spacial score (nSPS) is 20.7. The standard InChI is InChI=1S/C22H28FN3O3/c1-14-11-26(15(2)13-27)22(28)19-9-17(16-6-5-7-18(23)8-16)10-24-21(19)29-20(14)12-25(3)4/h5-10,14-15,20,27H,11-13H2,1-4H3/t14-,15-,20+/m0/s1. The van der Waals surface area contributed by atoms with Gasteiger partial charge in [0.25, 0.3) is 5.91 Å². The molecule has 156 valence electrons. The highest BCUT2D eigenvalue weighted by Crippen LogP contribution is 2.30. The predicted octanol–water partition coefficient (Wildman–Crippen LogP) is 2.67. The molecule has 0 unspecified atom stereocenters. The van der Waals surface area contributed by atoms with Crippen molar-refractivity contribution in [1.82, 2.24) is 14.8 Å². The van der Waals surface area contributed by atoms with Crippen LogP contribution >= 0.6 is 0 Å². The highest BCUT2D eigenvalue weighted by molar-refractivity contribution is 5.98. The Morgan fingerprint density at radius 2 is 2.10 bits per heavy atom. The van der Waals surface area contributed by atoms with E-state index >= 15 is 0 Å². The number of hydrogen-bond donors (Lipinski definition) is 1. The Hall–Kier alpha value is -2.51. The first kappa shape index (κ1) is 21.2. The number of ether oxygens (including phenoxy) is 1. The molecule has 1 aromatic heterocycles. The molecular formula is C22H28FN3O3. The van der Waals surface area contributed by atoms with E-state index in [4.69, 9.17) is 4.74 Å². The van der Waals surface area contributed by atoms with E-state index < -0.39 is 0 Å². The number of carbonyl (C=O) groups is 1. The smallest absolute Gasteiger partial charge is 0.259 e. The number of aromatic nitrogens is 1. The van der Waals surface area contributed by atoms with Gasteiger partial charge in [-0.15, -0.1) is 0 Å². The number of fused-ring (bicyclic) bond motifs is 1. The van der Waals surface area contributed by atoms with Crippen LogP contribution in [0.15, 0.2) is 36.5 Å². The summed E-state index contributed by atoms with van der Waals surface area (Å²) in [7, 11) is 3.94. The molecule has 2 heterocycles. The van der Waals surface area contributed by atoms with E-state index in [-0.39, 0.29) is 42.3 Å². The first-order chi connectivity index (χ1) is 13.8. The number of aliphatic hydroxyl groups is 1. The lowest BCUT2D eigenvalue weighted by Gasteiger charge is -2.37. The fourth-order valence-corrected chi connectivity index (χ4v) is 3.51. The van der Waals surface area contributed by atoms with Crippen molar-refractivity contribution in [3.8, 4) is 17.0 Å². The number of benzene rings is 1. The Balaban J connectivity index is 2.08. The van der Waals surface area contributed by atoms with Crippen LogP contribution in [0.5, 0.6) is 5.88 Å². The van der Waals surface area contributed by atoms with Crippen LogP contribution in [-0.4, -0.2) is 71.7 Å². The molecule has 29 heavy (non-hydrogen) atoms. The number of hydrogen-bond acceptors (Lipinski definition) is 5. The summed E-state index contributed by atoms with van der Waals surface area (Å²) in [4.78, 5) is 21.4. The molecule has 0 fully saturated rings. The minimum absolute atomic E-state index is 0.0493. The van der Waals surface area contributed by atoms with E-state index in [1.54, 1.807) is 29.3 Å². The Bertz CT molecular complexity index is 874. The third kappa shape index (κ3) is 4.74. The molecule has 0 aliphatic carbocycles. The molecule has 1 amide bonds. The Morgan fingerprint density at radius 1 is 1.34 bits per heavy atom. The minimum Gasteiger partial charge on any atom is -0.472 e. The van der Waals surface area contributed by atoms with Gasteiger partial charge in [-0.25, -0.2) is 9.37 Å². The lowest BCUT2D eigenvalue weighted by Crippen LogP contribution is -2.49. The summed E-state index contributed by atoms with van der Waals surface area (Å²) >= 11 is 0. The zero-order valence-corrected chi connectivity index (χ0v) is 17.3. The largest absolute Gasteiger partial charge is 0.472 e. The number of aliphatic hydroxyl groups excluding tert-OH is 1. The topological polar surface area (TPSA) is 65.9 Å². The van der Waals surface area contributed by atoms with Gasteiger partial charge in [-0.2, -0.15) is 0 Å². The van der Waals surface area contributed by atoms with Gasteiger partial charge in [-0.05, 0) is 44.8 Å². The van der Waals surface area contributed by atoms with E-state index in [0.717, 1.165) is 0 Å². The number of halogens is 1. The molecule has 1 aliphatic heterocycles. The second-order valence-corrected chi connectivity index (χ2v) is 7.97. The van der Waals surface area contributed by atoms with E-state index in [1.807, 2.05) is 32.8 Å². The summed E-state index contributed by atoms with van der Waals surface area (Å²) < 4.78 is 19.8. The number of pyridine rings is 1. The van der Waals surface area contributed by atoms with Crippen LogP contribution in [0.4, 0.5) is 4.39 Å². The molecule has 7 heteroatoms. The van der Waals surface area contributed by atoms with Gasteiger partial charge in [0.05, 0.1) is 12.6 Å². The molecule has 1 aromatic carbocycles. The van der Waals surface area contributed by atoms with Crippen molar-refractivity contribution in [3.05, 3.63) is 47.9 Å². The van der Waals surface area contributed by atoms with Crippen LogP contribution in [-0.2, 0) is 0 Å². The van der Waals surface area contributed by atoms with Crippen LogP contribution in [0.25, 0.3) is 11.1 Å². The van der Waals surface area contributed by atoms with Gasteiger partial charge < -0.3 is 19.6 Å². The summed E-state index contributed by atoms with van der Waals surface area (Å²) in [6.45, 7) is 4.85. The summed E-state index contributed by atoms with van der Waals surface area (Å²) in [5.74, 6) is -0.286. The monoisotopic (exact) mass is 401 g/mol. The quantitative estimate of drug-likeness (QED) is 0.835. The zero-order chi connectivity index (χ0) is 21.1. The van der Waals surface area contributed by atoms with E-state index in [9.17, 15) is 14.3 Å². The van der Waals surface area contributed by atoms with Gasteiger partial charge >= 0.3 is 0 Å². The summed E-state index contributed by atoms with van der Waals surface area (Å²) in [5, 5.41) is 9.68. The number of carbonyl (C=O) groups excluding carboxylic acids is 1. The first-order valence-corrected chi connectivity index (χ1v) is 9.79. The van der Waals surface area contributed by atoms with Crippen LogP contribution in [0.3, 0.4) is 0 Å². The van der Waals surface area contributed by atoms with Crippen LogP contribution in [0, 0.1) is 11.7 Å². The lowest BCUT2D eigenvalue weighted by molar-refractivity contribution is 0.0348. The maximum atomic E-state index is 13.7. The zero-order valence-electron chi connectivity index (χ0n) is 17.3. The van der Waals surface area contributed by atoms with Crippen molar-refractivity contribution in [2.45, 2.75) is 26.0 Å². The maximum Gasteiger partial charge on any atom is 0.259 e. The predicted molar refractivity (Wildman–Crippen MR) is 109 cm³/mol. The molecule has 2 aromatic rings. The van der Waals surface area contributed by atoms with E-state index in [0.29, 0.717) is 29.8 Å². The molecule has 0 radical (unpaired) electrons. The number of rotatable bonds is 5. The van der Waals surface area contributed by atoms with Crippen LogP contribution in [0.1, 0.15) is 24.2 Å². The highest BCUT2D eigenvalue weighted by Gasteiger charge is 2.34. The van der Waals surface area contributed by atoms with Crippen molar-refractivity contribution in [2.24, 2.45) is 5.92 Å². The molecule has 3 atom stereocenters. The van der Waals surface area contributed by atoms with Crippen molar-refractivity contribution >= 4 is 5.91 Å². The van der Waals surface area contributed by atoms with E-state index in [1.165, 1.54) is 12.1 Å². The van der Waals surface area contributed by atoms with Gasteiger partial charge in [0.15, 0.2) is 0 Å². The van der Waals surface area contributed by atoms with Gasteiger partial charge in [0.2, 0.25) is 5.88 Å². The fourth-order valence-electron chi connectivity index (χ4n) is 3.51. The van der Waals surface area contributed by atoms with Crippen molar-refractivity contribution in [2.75, 3.05) is 33.8 Å². The van der Waals surface area contributed by atoms with Crippen LogP contribution < -0.4 is 4.74 Å². The highest BCUT2D eigenvalue weighted by atomic mass is 19.1. The third-order valence-corrected chi connectivity index (χ3v) is 5.22. The van der Waals surface area contributed by atoms with Gasteiger partial charge in [0, 0.05) is 30.8 Å². The van der Waals surface area contributed by atoms with E-state index in [2.05, 4.69) is 4.98 Å². The molecule has 3 rings (SSSR count). The third-order valence-electron chi connectivity index (χ3n) is 5.22. The summed E-state index contributed by atoms with van der Waals surface area (Å²) in [6, 6.07) is 7.52. The first-order valence-electron chi connectivity index (χ1n) is 9.79. The number of amides is 1. The molecule has 6 nitrogen and oxygen atoms in total. The molecule has 0 bridgehead atoms. The second-order valence-electron chi connectivity index (χ2n) is 7.97. The summed E-state index contributed by atoms with van der Waals surface area (Å²) in [6.07, 6.45) is 1.43. The molecule has 1 aliphatic rings. The maximum absolute atomic E-state index is 13.7. The van der Waals surface area contributed by atoms with Gasteiger partial charge in [-0.1, -0.05) is 19.1 Å². The van der Waals surface area contributed by atoms with Crippen molar-refractivity contribution in [1.29, 1.82) is 0 Å². The Labute approximate surface area is 170 Å². The van der Waals surface area contributed by atoms with Crippen molar-refractivity contribution < 1.29 is 19.0 Å². The molecule has 0 saturated carbocycles. The average molecular weight is 401 g/mol. The Morgan fingerprint density at radius 3 is 2.76 bits per heavy atom. The fraction of sp³-hybridized carbons (Fsp3) is 0.455. The second kappa shape index (κ2) is 8.88. The summed E-state index contributed by atoms with van der Waals surface area (Å²) in [5.41, 5.74) is 1.59. The molecule has 0 saturated heterocycles. The lowest BCUT2D eigenvalue weighted by atomic mass is 9.99.